The molecule has 1 aliphatic heterocycles. The summed E-state index contributed by atoms with van der Waals surface area (Å²) >= 11 is 17.8. The summed E-state index contributed by atoms with van der Waals surface area (Å²) in [6.07, 6.45) is -0.0987. The highest BCUT2D eigenvalue weighted by Gasteiger charge is 2.36. The van der Waals surface area contributed by atoms with Crippen LogP contribution >= 0.6 is 34.8 Å². The molecule has 3 N–H and O–H groups in total. The molecule has 1 aliphatic rings. The number of anilines is 1. The van der Waals surface area contributed by atoms with Crippen molar-refractivity contribution in [3.63, 3.8) is 0 Å². The minimum absolute atomic E-state index is 0.00828. The molecule has 136 valence electrons. The summed E-state index contributed by atoms with van der Waals surface area (Å²) in [5.41, 5.74) is 0.325. The molecular formula is C15H17Cl3N3O4+. The Labute approximate surface area is 159 Å². The minimum atomic E-state index is -0.684. The highest BCUT2D eigenvalue weighted by Crippen LogP contribution is 2.32. The van der Waals surface area contributed by atoms with Gasteiger partial charge in [0.2, 0.25) is 0 Å². The second-order valence-corrected chi connectivity index (χ2v) is 6.72. The Morgan fingerprint density at radius 3 is 2.64 bits per heavy atom. The van der Waals surface area contributed by atoms with E-state index in [4.69, 9.17) is 34.8 Å². The summed E-state index contributed by atoms with van der Waals surface area (Å²) in [6, 6.07) is 2.20. The van der Waals surface area contributed by atoms with Crippen LogP contribution < -0.4 is 15.5 Å². The molecule has 1 saturated heterocycles. The average Bonchev–Trinajstić information content (AvgIpc) is 2.55. The van der Waals surface area contributed by atoms with Crippen LogP contribution in [0.5, 0.6) is 0 Å². The van der Waals surface area contributed by atoms with Crippen LogP contribution in [0.25, 0.3) is 0 Å². The molecule has 1 aromatic carbocycles. The van der Waals surface area contributed by atoms with Crippen molar-refractivity contribution in [2.45, 2.75) is 12.5 Å². The first-order valence-corrected chi connectivity index (χ1v) is 8.58. The van der Waals surface area contributed by atoms with Crippen LogP contribution in [0.1, 0.15) is 6.42 Å². The standard InChI is InChI=1S/C15H16Cl3N3O4/c1-25-14(23)6-12-15(24)19-2-3-21(12)7-13(22)20-11-5-9(17)8(16)4-10(11)18/h4-5,12H,2-3,6-7H2,1H3,(H,19,24)(H,20,22)/p+1/t12-/m0/s1. The van der Waals surface area contributed by atoms with E-state index < -0.39 is 12.0 Å². The van der Waals surface area contributed by atoms with Gasteiger partial charge in [0.05, 0.1) is 41.0 Å². The van der Waals surface area contributed by atoms with Crippen molar-refractivity contribution in [1.82, 2.24) is 5.32 Å². The van der Waals surface area contributed by atoms with Gasteiger partial charge < -0.3 is 20.3 Å². The molecule has 0 saturated carbocycles. The first-order chi connectivity index (χ1) is 11.8. The van der Waals surface area contributed by atoms with Gasteiger partial charge in [0.25, 0.3) is 11.8 Å². The van der Waals surface area contributed by atoms with E-state index in [1.807, 2.05) is 0 Å². The van der Waals surface area contributed by atoms with Crippen molar-refractivity contribution in [2.24, 2.45) is 0 Å². The van der Waals surface area contributed by atoms with E-state index in [0.717, 1.165) is 0 Å². The number of ether oxygens (including phenoxy) is 1. The van der Waals surface area contributed by atoms with Gasteiger partial charge in [-0.3, -0.25) is 14.4 Å². The molecule has 25 heavy (non-hydrogen) atoms. The van der Waals surface area contributed by atoms with Crippen molar-refractivity contribution >= 4 is 58.3 Å². The van der Waals surface area contributed by atoms with Crippen LogP contribution in [0.2, 0.25) is 15.1 Å². The second-order valence-electron chi connectivity index (χ2n) is 5.50. The Balaban J connectivity index is 2.06. The number of carbonyl (C=O) groups excluding carboxylic acids is 3. The number of piperazine rings is 1. The second kappa shape index (κ2) is 8.71. The Bertz CT molecular complexity index is 699. The highest BCUT2D eigenvalue weighted by molar-refractivity contribution is 6.44. The van der Waals surface area contributed by atoms with Gasteiger partial charge in [0.1, 0.15) is 6.42 Å². The topological polar surface area (TPSA) is 88.9 Å². The highest BCUT2D eigenvalue weighted by atomic mass is 35.5. The quantitative estimate of drug-likeness (QED) is 0.489. The van der Waals surface area contributed by atoms with E-state index in [0.29, 0.717) is 23.7 Å². The lowest BCUT2D eigenvalue weighted by Crippen LogP contribution is -3.20. The van der Waals surface area contributed by atoms with Gasteiger partial charge in [-0.05, 0) is 12.1 Å². The summed E-state index contributed by atoms with van der Waals surface area (Å²) in [5, 5.41) is 6.12. The predicted octanol–water partition coefficient (Wildman–Crippen LogP) is 0.532. The summed E-state index contributed by atoms with van der Waals surface area (Å²) < 4.78 is 4.61. The number of esters is 1. The number of methoxy groups -OCH3 is 1. The summed E-state index contributed by atoms with van der Waals surface area (Å²) in [6.45, 7) is 0.925. The van der Waals surface area contributed by atoms with Crippen molar-refractivity contribution in [3.05, 3.63) is 27.2 Å². The molecule has 0 aromatic heterocycles. The van der Waals surface area contributed by atoms with E-state index in [1.54, 1.807) is 0 Å². The van der Waals surface area contributed by atoms with E-state index in [2.05, 4.69) is 15.4 Å². The third-order valence-electron chi connectivity index (χ3n) is 3.82. The number of hydrogen-bond donors (Lipinski definition) is 3. The molecule has 0 bridgehead atoms. The normalized spacial score (nSPS) is 19.9. The lowest BCUT2D eigenvalue weighted by atomic mass is 10.1. The lowest BCUT2D eigenvalue weighted by molar-refractivity contribution is -0.909. The molecule has 0 spiro atoms. The zero-order chi connectivity index (χ0) is 18.6. The Kier molecular flexibility index (Phi) is 6.89. The third kappa shape index (κ3) is 5.22. The molecule has 10 heteroatoms. The van der Waals surface area contributed by atoms with E-state index in [1.165, 1.54) is 19.2 Å². The van der Waals surface area contributed by atoms with Gasteiger partial charge >= 0.3 is 5.97 Å². The van der Waals surface area contributed by atoms with Gasteiger partial charge in [0.15, 0.2) is 12.6 Å². The van der Waals surface area contributed by atoms with Gasteiger partial charge in [-0.1, -0.05) is 34.8 Å². The number of amides is 2. The number of benzene rings is 1. The molecule has 1 fully saturated rings. The number of halogens is 3. The molecule has 1 unspecified atom stereocenters. The molecule has 0 aliphatic carbocycles. The van der Waals surface area contributed by atoms with E-state index in [9.17, 15) is 14.4 Å². The zero-order valence-corrected chi connectivity index (χ0v) is 15.6. The monoisotopic (exact) mass is 408 g/mol. The molecule has 1 aromatic rings. The van der Waals surface area contributed by atoms with Crippen LogP contribution in [0, 0.1) is 0 Å². The molecule has 0 radical (unpaired) electrons. The average molecular weight is 410 g/mol. The number of quaternary nitrogens is 1. The fraction of sp³-hybridized carbons (Fsp3) is 0.400. The van der Waals surface area contributed by atoms with Gasteiger partial charge in [-0.15, -0.1) is 0 Å². The molecule has 1 heterocycles. The van der Waals surface area contributed by atoms with Gasteiger partial charge in [0, 0.05) is 0 Å². The SMILES string of the molecule is COC(=O)C[C@H]1C(=O)NCC[NH+]1CC(=O)Nc1cc(Cl)c(Cl)cc1Cl. The smallest absolute Gasteiger partial charge is 0.312 e. The number of nitrogens with one attached hydrogen (secondary N) is 3. The van der Waals surface area contributed by atoms with Gasteiger partial charge in [-0.2, -0.15) is 0 Å². The fourth-order valence-corrected chi connectivity index (χ4v) is 3.14. The van der Waals surface area contributed by atoms with Crippen LogP contribution in [-0.2, 0) is 19.1 Å². The molecule has 2 amide bonds. The van der Waals surface area contributed by atoms with Crippen molar-refractivity contribution in [3.8, 4) is 0 Å². The van der Waals surface area contributed by atoms with Gasteiger partial charge in [-0.25, -0.2) is 0 Å². The predicted molar refractivity (Wildman–Crippen MR) is 94.2 cm³/mol. The zero-order valence-electron chi connectivity index (χ0n) is 13.3. The summed E-state index contributed by atoms with van der Waals surface area (Å²) in [7, 11) is 1.25. The van der Waals surface area contributed by atoms with E-state index >= 15 is 0 Å². The molecule has 7 nitrogen and oxygen atoms in total. The number of rotatable bonds is 5. The first-order valence-electron chi connectivity index (χ1n) is 7.45. The fourth-order valence-electron chi connectivity index (χ4n) is 2.55. The maximum absolute atomic E-state index is 12.3. The van der Waals surface area contributed by atoms with Crippen molar-refractivity contribution in [1.29, 1.82) is 0 Å². The number of carbonyl (C=O) groups is 3. The Morgan fingerprint density at radius 2 is 1.96 bits per heavy atom. The molecule has 2 atom stereocenters. The minimum Gasteiger partial charge on any atom is -0.469 e. The summed E-state index contributed by atoms with van der Waals surface area (Å²) in [4.78, 5) is 36.5. The maximum atomic E-state index is 12.3. The lowest BCUT2D eigenvalue weighted by Gasteiger charge is -2.30. The Hall–Kier alpha value is -1.54. The maximum Gasteiger partial charge on any atom is 0.312 e. The first kappa shape index (κ1) is 19.8. The molecule has 2 rings (SSSR count). The number of hydrogen-bond acceptors (Lipinski definition) is 4. The van der Waals surface area contributed by atoms with Crippen LogP contribution in [0.3, 0.4) is 0 Å². The third-order valence-corrected chi connectivity index (χ3v) is 4.86. The molecular weight excluding hydrogens is 393 g/mol. The van der Waals surface area contributed by atoms with Crippen LogP contribution in [0.15, 0.2) is 12.1 Å². The van der Waals surface area contributed by atoms with E-state index in [-0.39, 0.29) is 39.8 Å². The largest absolute Gasteiger partial charge is 0.469 e. The van der Waals surface area contributed by atoms with Crippen LogP contribution in [0.4, 0.5) is 5.69 Å². The van der Waals surface area contributed by atoms with Crippen molar-refractivity contribution in [2.75, 3.05) is 32.1 Å². The summed E-state index contributed by atoms with van der Waals surface area (Å²) in [5.74, 6) is -1.15. The van der Waals surface area contributed by atoms with Crippen molar-refractivity contribution < 1.29 is 24.0 Å². The van der Waals surface area contributed by atoms with Crippen LogP contribution in [-0.4, -0.2) is 50.6 Å². The Morgan fingerprint density at radius 1 is 1.28 bits per heavy atom.